The number of fused-ring (bicyclic) bond motifs is 2. The van der Waals surface area contributed by atoms with Crippen LogP contribution >= 0.6 is 0 Å². The predicted octanol–water partition coefficient (Wildman–Crippen LogP) is 1.19. The Hall–Kier alpha value is -0.160. The van der Waals surface area contributed by atoms with Crippen molar-refractivity contribution in [1.29, 1.82) is 0 Å². The molecule has 3 atom stereocenters. The molecule has 0 radical (unpaired) electrons. The van der Waals surface area contributed by atoms with Gasteiger partial charge in [0.2, 0.25) is 5.79 Å². The van der Waals surface area contributed by atoms with E-state index in [0.717, 1.165) is 13.0 Å². The summed E-state index contributed by atoms with van der Waals surface area (Å²) in [6.07, 6.45) is 1.30. The molecule has 0 N–H and O–H groups in total. The summed E-state index contributed by atoms with van der Waals surface area (Å²) in [7, 11) is 0. The summed E-state index contributed by atoms with van der Waals surface area (Å²) in [6, 6.07) is 0. The summed E-state index contributed by atoms with van der Waals surface area (Å²) in [5.41, 5.74) is 0. The molecule has 3 unspecified atom stereocenters. The van der Waals surface area contributed by atoms with E-state index >= 15 is 0 Å². The van der Waals surface area contributed by atoms with E-state index in [1.165, 1.54) is 0 Å². The SMILES string of the molecule is CC(C)CC1COC2C1OCC21OCCO1. The van der Waals surface area contributed by atoms with Gasteiger partial charge in [-0.15, -0.1) is 0 Å². The van der Waals surface area contributed by atoms with Gasteiger partial charge >= 0.3 is 0 Å². The van der Waals surface area contributed by atoms with Crippen LogP contribution in [0.15, 0.2) is 0 Å². The highest BCUT2D eigenvalue weighted by Gasteiger charge is 2.60. The molecule has 0 aliphatic carbocycles. The van der Waals surface area contributed by atoms with Crippen molar-refractivity contribution in [3.8, 4) is 0 Å². The van der Waals surface area contributed by atoms with Gasteiger partial charge in [0.25, 0.3) is 0 Å². The van der Waals surface area contributed by atoms with Crippen LogP contribution < -0.4 is 0 Å². The van der Waals surface area contributed by atoms with Gasteiger partial charge in [-0.3, -0.25) is 0 Å². The van der Waals surface area contributed by atoms with Gasteiger partial charge in [0.15, 0.2) is 0 Å². The zero-order valence-corrected chi connectivity index (χ0v) is 9.98. The van der Waals surface area contributed by atoms with Crippen LogP contribution in [0.25, 0.3) is 0 Å². The number of hydrogen-bond acceptors (Lipinski definition) is 4. The van der Waals surface area contributed by atoms with Gasteiger partial charge in [-0.2, -0.15) is 0 Å². The Morgan fingerprint density at radius 1 is 1.19 bits per heavy atom. The lowest BCUT2D eigenvalue weighted by Crippen LogP contribution is -2.44. The van der Waals surface area contributed by atoms with Crippen molar-refractivity contribution < 1.29 is 18.9 Å². The minimum atomic E-state index is -0.587. The molecule has 3 rings (SSSR count). The molecule has 0 amide bonds. The zero-order valence-electron chi connectivity index (χ0n) is 9.98. The van der Waals surface area contributed by atoms with Gasteiger partial charge in [-0.1, -0.05) is 13.8 Å². The predicted molar refractivity (Wildman–Crippen MR) is 57.1 cm³/mol. The monoisotopic (exact) mass is 228 g/mol. The van der Waals surface area contributed by atoms with Crippen LogP contribution in [0.1, 0.15) is 20.3 Å². The Morgan fingerprint density at radius 3 is 2.62 bits per heavy atom. The van der Waals surface area contributed by atoms with Crippen LogP contribution in [0.5, 0.6) is 0 Å². The standard InChI is InChI=1S/C12H20O4/c1-8(2)5-9-6-13-11-10(9)14-7-12(11)15-3-4-16-12/h8-11H,3-7H2,1-2H3. The van der Waals surface area contributed by atoms with Gasteiger partial charge in [0.1, 0.15) is 12.7 Å². The van der Waals surface area contributed by atoms with Gasteiger partial charge < -0.3 is 18.9 Å². The molecule has 3 aliphatic rings. The summed E-state index contributed by atoms with van der Waals surface area (Å²) in [5, 5.41) is 0. The molecule has 0 aromatic carbocycles. The Morgan fingerprint density at radius 2 is 1.94 bits per heavy atom. The lowest BCUT2D eigenvalue weighted by atomic mass is 9.91. The first-order valence-electron chi connectivity index (χ1n) is 6.22. The van der Waals surface area contributed by atoms with Gasteiger partial charge in [-0.25, -0.2) is 0 Å². The second-order valence-corrected chi connectivity index (χ2v) is 5.43. The third-order valence-electron chi connectivity index (χ3n) is 3.71. The van der Waals surface area contributed by atoms with Crippen LogP contribution in [-0.4, -0.2) is 44.4 Å². The highest BCUT2D eigenvalue weighted by Crippen LogP contribution is 2.43. The van der Waals surface area contributed by atoms with E-state index in [9.17, 15) is 0 Å². The largest absolute Gasteiger partial charge is 0.369 e. The van der Waals surface area contributed by atoms with Crippen molar-refractivity contribution in [2.75, 3.05) is 26.4 Å². The molecule has 16 heavy (non-hydrogen) atoms. The molecule has 3 heterocycles. The minimum absolute atomic E-state index is 0.0150. The Balaban J connectivity index is 1.71. The van der Waals surface area contributed by atoms with Crippen molar-refractivity contribution in [3.63, 3.8) is 0 Å². The van der Waals surface area contributed by atoms with E-state index in [1.54, 1.807) is 0 Å². The molecule has 0 aromatic rings. The lowest BCUT2D eigenvalue weighted by molar-refractivity contribution is -0.206. The summed E-state index contributed by atoms with van der Waals surface area (Å²) in [5.74, 6) is 0.589. The van der Waals surface area contributed by atoms with Crippen molar-refractivity contribution >= 4 is 0 Å². The highest BCUT2D eigenvalue weighted by atomic mass is 16.8. The quantitative estimate of drug-likeness (QED) is 0.711. The fraction of sp³-hybridized carbons (Fsp3) is 1.00. The average molecular weight is 228 g/mol. The molecule has 0 aromatic heterocycles. The van der Waals surface area contributed by atoms with Gasteiger partial charge in [0, 0.05) is 5.92 Å². The number of rotatable bonds is 2. The maximum absolute atomic E-state index is 5.85. The first-order valence-corrected chi connectivity index (χ1v) is 6.22. The summed E-state index contributed by atoms with van der Waals surface area (Å²) >= 11 is 0. The number of ether oxygens (including phenoxy) is 4. The van der Waals surface area contributed by atoms with E-state index in [0.29, 0.717) is 31.7 Å². The van der Waals surface area contributed by atoms with Crippen molar-refractivity contribution in [2.45, 2.75) is 38.3 Å². The maximum Gasteiger partial charge on any atom is 0.221 e. The molecule has 3 aliphatic heterocycles. The molecule has 1 spiro atoms. The highest BCUT2D eigenvalue weighted by molar-refractivity contribution is 5.01. The fourth-order valence-corrected chi connectivity index (χ4v) is 3.09. The van der Waals surface area contributed by atoms with Crippen LogP contribution in [0.2, 0.25) is 0 Å². The number of hydrogen-bond donors (Lipinski definition) is 0. The maximum atomic E-state index is 5.85. The summed E-state index contributed by atoms with van der Waals surface area (Å²) in [4.78, 5) is 0. The molecule has 3 fully saturated rings. The third-order valence-corrected chi connectivity index (χ3v) is 3.71. The Labute approximate surface area is 96.2 Å². The van der Waals surface area contributed by atoms with Crippen LogP contribution in [0.3, 0.4) is 0 Å². The van der Waals surface area contributed by atoms with E-state index in [1.807, 2.05) is 0 Å². The normalized spacial score (nSPS) is 41.1. The minimum Gasteiger partial charge on any atom is -0.369 e. The Kier molecular flexibility index (Phi) is 2.70. The second kappa shape index (κ2) is 3.95. The van der Waals surface area contributed by atoms with Crippen LogP contribution in [0, 0.1) is 11.8 Å². The van der Waals surface area contributed by atoms with E-state index in [4.69, 9.17) is 18.9 Å². The lowest BCUT2D eigenvalue weighted by Gasteiger charge is -2.25. The zero-order chi connectivity index (χ0) is 11.2. The molecule has 92 valence electrons. The van der Waals surface area contributed by atoms with Crippen LogP contribution in [-0.2, 0) is 18.9 Å². The van der Waals surface area contributed by atoms with Crippen molar-refractivity contribution in [2.24, 2.45) is 11.8 Å². The first-order chi connectivity index (χ1) is 7.71. The van der Waals surface area contributed by atoms with E-state index in [-0.39, 0.29) is 12.2 Å². The summed E-state index contributed by atoms with van der Waals surface area (Å²) < 4.78 is 23.1. The molecule has 4 nitrogen and oxygen atoms in total. The van der Waals surface area contributed by atoms with E-state index in [2.05, 4.69) is 13.8 Å². The first kappa shape index (κ1) is 11.0. The van der Waals surface area contributed by atoms with E-state index < -0.39 is 5.79 Å². The summed E-state index contributed by atoms with van der Waals surface area (Å²) in [6.45, 7) is 7.09. The second-order valence-electron chi connectivity index (χ2n) is 5.43. The van der Waals surface area contributed by atoms with Crippen molar-refractivity contribution in [1.82, 2.24) is 0 Å². The molecular formula is C12H20O4. The molecule has 0 bridgehead atoms. The molecule has 3 saturated heterocycles. The van der Waals surface area contributed by atoms with Crippen molar-refractivity contribution in [3.05, 3.63) is 0 Å². The Bertz CT molecular complexity index is 260. The molecule has 4 heteroatoms. The fourth-order valence-electron chi connectivity index (χ4n) is 3.09. The topological polar surface area (TPSA) is 36.9 Å². The third kappa shape index (κ3) is 1.59. The van der Waals surface area contributed by atoms with Gasteiger partial charge in [0.05, 0.1) is 25.9 Å². The average Bonchev–Trinajstić information content (AvgIpc) is 2.88. The molecule has 0 saturated carbocycles. The molecular weight excluding hydrogens is 208 g/mol. The van der Waals surface area contributed by atoms with Crippen LogP contribution in [0.4, 0.5) is 0 Å². The van der Waals surface area contributed by atoms with Gasteiger partial charge in [-0.05, 0) is 12.3 Å². The smallest absolute Gasteiger partial charge is 0.221 e.